The van der Waals surface area contributed by atoms with Crippen LogP contribution in [0.4, 0.5) is 14.9 Å². The van der Waals surface area contributed by atoms with Gasteiger partial charge in [-0.1, -0.05) is 17.3 Å². The van der Waals surface area contributed by atoms with Crippen LogP contribution in [0.5, 0.6) is 0 Å². The zero-order valence-corrected chi connectivity index (χ0v) is 17.3. The summed E-state index contributed by atoms with van der Waals surface area (Å²) in [7, 11) is 0. The van der Waals surface area contributed by atoms with E-state index in [4.69, 9.17) is 14.0 Å². The quantitative estimate of drug-likeness (QED) is 0.826. The summed E-state index contributed by atoms with van der Waals surface area (Å²) in [5.41, 5.74) is 2.10. The number of rotatable bonds is 3. The van der Waals surface area contributed by atoms with Crippen LogP contribution in [0.25, 0.3) is 0 Å². The molecule has 1 spiro atoms. The molecule has 9 heteroatoms. The molecule has 2 saturated heterocycles. The van der Waals surface area contributed by atoms with Crippen LogP contribution in [0, 0.1) is 19.7 Å². The molecule has 4 rings (SSSR count). The number of halogens is 1. The zero-order valence-electron chi connectivity index (χ0n) is 17.3. The molecule has 2 aromatic rings. The van der Waals surface area contributed by atoms with Gasteiger partial charge in [0, 0.05) is 25.2 Å². The maximum Gasteiger partial charge on any atom is 0.322 e. The maximum absolute atomic E-state index is 13.9. The van der Waals surface area contributed by atoms with Crippen LogP contribution in [0.2, 0.25) is 0 Å². The second kappa shape index (κ2) is 8.71. The van der Waals surface area contributed by atoms with Gasteiger partial charge >= 0.3 is 6.03 Å². The number of anilines is 1. The predicted octanol–water partition coefficient (Wildman–Crippen LogP) is 2.91. The van der Waals surface area contributed by atoms with Crippen LogP contribution in [0.1, 0.15) is 23.4 Å². The van der Waals surface area contributed by atoms with Crippen molar-refractivity contribution in [3.63, 3.8) is 0 Å². The van der Waals surface area contributed by atoms with Crippen molar-refractivity contribution in [2.24, 2.45) is 0 Å². The standard InChI is InChI=1S/C21H27FN4O4/c1-15-17(16(2)30-24-15)12-25-8-5-10-28-21(13-25)14-26(9-11-29-21)20(27)23-19-7-4-3-6-18(19)22/h3-4,6-7H,5,8-14H2,1-2H3,(H,23,27). The molecular formula is C21H27FN4O4. The first-order valence-electron chi connectivity index (χ1n) is 10.2. The smallest absolute Gasteiger partial charge is 0.322 e. The first kappa shape index (κ1) is 20.8. The van der Waals surface area contributed by atoms with Gasteiger partial charge in [0.05, 0.1) is 37.7 Å². The van der Waals surface area contributed by atoms with Gasteiger partial charge in [-0.25, -0.2) is 9.18 Å². The first-order valence-corrected chi connectivity index (χ1v) is 10.2. The number of carbonyl (C=O) groups is 1. The molecule has 1 aromatic heterocycles. The molecule has 162 valence electrons. The Morgan fingerprint density at radius 3 is 2.77 bits per heavy atom. The van der Waals surface area contributed by atoms with Gasteiger partial charge in [-0.05, 0) is 32.4 Å². The summed E-state index contributed by atoms with van der Waals surface area (Å²) in [6, 6.07) is 5.75. The molecule has 2 fully saturated rings. The average Bonchev–Trinajstić information content (AvgIpc) is 2.93. The lowest BCUT2D eigenvalue weighted by Crippen LogP contribution is -2.59. The highest BCUT2D eigenvalue weighted by atomic mass is 19.1. The number of carbonyl (C=O) groups excluding carboxylic acids is 1. The van der Waals surface area contributed by atoms with Crippen molar-refractivity contribution < 1.29 is 23.2 Å². The number of nitrogens with one attached hydrogen (secondary N) is 1. The number of amides is 2. The van der Waals surface area contributed by atoms with Crippen LogP contribution >= 0.6 is 0 Å². The topological polar surface area (TPSA) is 80.1 Å². The third kappa shape index (κ3) is 4.48. The summed E-state index contributed by atoms with van der Waals surface area (Å²) in [6.45, 7) is 7.45. The van der Waals surface area contributed by atoms with Crippen molar-refractivity contribution in [3.05, 3.63) is 47.1 Å². The average molecular weight is 418 g/mol. The van der Waals surface area contributed by atoms with E-state index < -0.39 is 11.6 Å². The van der Waals surface area contributed by atoms with E-state index in [0.29, 0.717) is 32.8 Å². The lowest BCUT2D eigenvalue weighted by Gasteiger charge is -2.43. The van der Waals surface area contributed by atoms with Crippen LogP contribution in [-0.2, 0) is 16.0 Å². The number of para-hydroxylation sites is 1. The molecule has 1 atom stereocenters. The fraction of sp³-hybridized carbons (Fsp3) is 0.524. The first-order chi connectivity index (χ1) is 14.5. The summed E-state index contributed by atoms with van der Waals surface area (Å²) in [5, 5.41) is 6.68. The molecule has 2 amide bonds. The van der Waals surface area contributed by atoms with E-state index in [1.807, 2.05) is 13.8 Å². The summed E-state index contributed by atoms with van der Waals surface area (Å²) < 4.78 is 31.4. The molecule has 8 nitrogen and oxygen atoms in total. The molecule has 0 radical (unpaired) electrons. The van der Waals surface area contributed by atoms with E-state index in [2.05, 4.69) is 15.4 Å². The Morgan fingerprint density at radius 2 is 2.00 bits per heavy atom. The lowest BCUT2D eigenvalue weighted by molar-refractivity contribution is -0.260. The highest BCUT2D eigenvalue weighted by molar-refractivity contribution is 5.89. The van der Waals surface area contributed by atoms with Crippen LogP contribution in [0.15, 0.2) is 28.8 Å². The summed E-state index contributed by atoms with van der Waals surface area (Å²) in [4.78, 5) is 16.6. The van der Waals surface area contributed by atoms with E-state index in [0.717, 1.165) is 30.0 Å². The minimum absolute atomic E-state index is 0.157. The van der Waals surface area contributed by atoms with E-state index in [1.165, 1.54) is 12.1 Å². The third-order valence-corrected chi connectivity index (χ3v) is 5.57. The molecule has 0 saturated carbocycles. The number of urea groups is 1. The number of aromatic nitrogens is 1. The Kier molecular flexibility index (Phi) is 6.03. The maximum atomic E-state index is 13.9. The SMILES string of the molecule is Cc1noc(C)c1CN1CCCOC2(C1)CN(C(=O)Nc1ccccc1F)CCO2. The van der Waals surface area contributed by atoms with Gasteiger partial charge in [-0.15, -0.1) is 0 Å². The second-order valence-corrected chi connectivity index (χ2v) is 7.81. The third-order valence-electron chi connectivity index (χ3n) is 5.57. The number of benzene rings is 1. The highest BCUT2D eigenvalue weighted by Crippen LogP contribution is 2.27. The monoisotopic (exact) mass is 418 g/mol. The van der Waals surface area contributed by atoms with Gasteiger partial charge in [-0.3, -0.25) is 4.90 Å². The van der Waals surface area contributed by atoms with E-state index in [9.17, 15) is 9.18 Å². The van der Waals surface area contributed by atoms with Gasteiger partial charge in [0.1, 0.15) is 11.6 Å². The minimum atomic E-state index is -0.916. The molecule has 0 aliphatic carbocycles. The summed E-state index contributed by atoms with van der Waals surface area (Å²) in [5.74, 6) is -0.576. The van der Waals surface area contributed by atoms with Gasteiger partial charge in [-0.2, -0.15) is 0 Å². The molecule has 1 unspecified atom stereocenters. The Labute approximate surface area is 174 Å². The number of morpholine rings is 1. The van der Waals surface area contributed by atoms with E-state index in [1.54, 1.807) is 17.0 Å². The largest absolute Gasteiger partial charge is 0.361 e. The molecule has 0 bridgehead atoms. The number of hydrogen-bond acceptors (Lipinski definition) is 6. The van der Waals surface area contributed by atoms with Crippen LogP contribution in [0.3, 0.4) is 0 Å². The van der Waals surface area contributed by atoms with Crippen molar-refractivity contribution in [2.75, 3.05) is 44.7 Å². The number of ether oxygens (including phenoxy) is 2. The molecule has 30 heavy (non-hydrogen) atoms. The molecule has 1 N–H and O–H groups in total. The highest BCUT2D eigenvalue weighted by Gasteiger charge is 2.42. The Morgan fingerprint density at radius 1 is 1.20 bits per heavy atom. The van der Waals surface area contributed by atoms with Gasteiger partial charge in [0.25, 0.3) is 0 Å². The number of aryl methyl sites for hydroxylation is 2. The van der Waals surface area contributed by atoms with Crippen LogP contribution < -0.4 is 5.32 Å². The Bertz CT molecular complexity index is 885. The molecule has 2 aliphatic rings. The van der Waals surface area contributed by atoms with Crippen molar-refractivity contribution in [1.82, 2.24) is 15.0 Å². The van der Waals surface area contributed by atoms with Gasteiger partial charge < -0.3 is 24.2 Å². The molecule has 1 aromatic carbocycles. The molecule has 3 heterocycles. The number of hydrogen-bond donors (Lipinski definition) is 1. The van der Waals surface area contributed by atoms with Gasteiger partial charge in [0.15, 0.2) is 5.79 Å². The summed E-state index contributed by atoms with van der Waals surface area (Å²) in [6.07, 6.45) is 0.857. The summed E-state index contributed by atoms with van der Waals surface area (Å²) >= 11 is 0. The second-order valence-electron chi connectivity index (χ2n) is 7.81. The van der Waals surface area contributed by atoms with E-state index in [-0.39, 0.29) is 18.3 Å². The Hall–Kier alpha value is -2.49. The van der Waals surface area contributed by atoms with Crippen LogP contribution in [-0.4, -0.2) is 66.2 Å². The van der Waals surface area contributed by atoms with Crippen molar-refractivity contribution in [1.29, 1.82) is 0 Å². The van der Waals surface area contributed by atoms with Crippen molar-refractivity contribution in [2.45, 2.75) is 32.6 Å². The Balaban J connectivity index is 1.45. The van der Waals surface area contributed by atoms with Crippen molar-refractivity contribution >= 4 is 11.7 Å². The predicted molar refractivity (Wildman–Crippen MR) is 107 cm³/mol. The minimum Gasteiger partial charge on any atom is -0.361 e. The molecular weight excluding hydrogens is 391 g/mol. The van der Waals surface area contributed by atoms with E-state index >= 15 is 0 Å². The normalized spacial score (nSPS) is 22.8. The fourth-order valence-corrected chi connectivity index (χ4v) is 3.97. The zero-order chi connectivity index (χ0) is 21.1. The van der Waals surface area contributed by atoms with Crippen molar-refractivity contribution in [3.8, 4) is 0 Å². The van der Waals surface area contributed by atoms with Gasteiger partial charge in [0.2, 0.25) is 0 Å². The fourth-order valence-electron chi connectivity index (χ4n) is 3.97. The number of nitrogens with zero attached hydrogens (tertiary/aromatic N) is 3. The lowest BCUT2D eigenvalue weighted by atomic mass is 10.1. The molecule has 2 aliphatic heterocycles.